The molecular formula is C23H25NO6. The lowest BCUT2D eigenvalue weighted by Crippen LogP contribution is -2.32. The second-order valence-electron chi connectivity index (χ2n) is 6.92. The first-order chi connectivity index (χ1) is 14.5. The zero-order chi connectivity index (χ0) is 21.7. The van der Waals surface area contributed by atoms with Crippen molar-refractivity contribution in [2.75, 3.05) is 26.9 Å². The Labute approximate surface area is 175 Å². The fraction of sp³-hybridized carbons (Fsp3) is 0.304. The van der Waals surface area contributed by atoms with Gasteiger partial charge in [0.25, 0.3) is 5.91 Å². The van der Waals surface area contributed by atoms with E-state index in [-0.39, 0.29) is 11.3 Å². The van der Waals surface area contributed by atoms with Crippen molar-refractivity contribution in [2.45, 2.75) is 19.4 Å². The summed E-state index contributed by atoms with van der Waals surface area (Å²) in [6, 6.07) is 9.54. The molecule has 1 aliphatic rings. The van der Waals surface area contributed by atoms with Crippen LogP contribution in [0.4, 0.5) is 0 Å². The molecule has 30 heavy (non-hydrogen) atoms. The number of ketones is 1. The number of Topliss-reactive ketones (excluding diaryl/α,β-unsaturated/α-hetero) is 1. The number of methoxy groups -OCH3 is 1. The number of furan rings is 1. The van der Waals surface area contributed by atoms with Gasteiger partial charge in [-0.25, -0.2) is 0 Å². The Morgan fingerprint density at radius 3 is 2.80 bits per heavy atom. The first-order valence-corrected chi connectivity index (χ1v) is 9.65. The van der Waals surface area contributed by atoms with Gasteiger partial charge in [0.1, 0.15) is 18.1 Å². The van der Waals surface area contributed by atoms with E-state index < -0.39 is 23.5 Å². The van der Waals surface area contributed by atoms with Gasteiger partial charge in [0, 0.05) is 20.3 Å². The Balaban J connectivity index is 2.03. The van der Waals surface area contributed by atoms with Gasteiger partial charge in [-0.05, 0) is 43.2 Å². The minimum atomic E-state index is -0.764. The molecule has 1 atom stereocenters. The number of aliphatic hydroxyl groups excluding tert-OH is 1. The summed E-state index contributed by atoms with van der Waals surface area (Å²) in [6.45, 7) is 6.44. The largest absolute Gasteiger partial charge is 0.503 e. The maximum absolute atomic E-state index is 13.2. The van der Waals surface area contributed by atoms with Crippen molar-refractivity contribution in [3.05, 3.63) is 77.5 Å². The number of benzene rings is 1. The molecule has 2 aromatic rings. The number of aliphatic hydroxyl groups is 1. The normalized spacial score (nSPS) is 16.3. The SMILES string of the molecule is C=CCOc1cccc(C2C(C(=O)c3ccc(C)o3)=C(O)C(=O)N2CCCOC)c1. The second kappa shape index (κ2) is 9.45. The molecular weight excluding hydrogens is 386 g/mol. The van der Waals surface area contributed by atoms with E-state index in [0.29, 0.717) is 43.3 Å². The van der Waals surface area contributed by atoms with E-state index in [2.05, 4.69) is 6.58 Å². The van der Waals surface area contributed by atoms with Crippen molar-refractivity contribution in [2.24, 2.45) is 0 Å². The summed E-state index contributed by atoms with van der Waals surface area (Å²) in [4.78, 5) is 27.5. The molecule has 0 saturated carbocycles. The standard InChI is InChI=1S/C23H25NO6/c1-4-12-29-17-8-5-7-16(14-17)20-19(21(25)18-10-9-15(2)30-18)22(26)23(27)24(20)11-6-13-28-3/h4-5,7-10,14,20,26H,1,6,11-13H2,2-3H3. The van der Waals surface area contributed by atoms with Gasteiger partial charge in [-0.2, -0.15) is 0 Å². The van der Waals surface area contributed by atoms with E-state index in [9.17, 15) is 14.7 Å². The lowest BCUT2D eigenvalue weighted by Gasteiger charge is -2.27. The number of amides is 1. The maximum atomic E-state index is 13.2. The van der Waals surface area contributed by atoms with Crippen LogP contribution in [0.5, 0.6) is 5.75 Å². The topological polar surface area (TPSA) is 89.2 Å². The van der Waals surface area contributed by atoms with Gasteiger partial charge < -0.3 is 23.9 Å². The summed E-state index contributed by atoms with van der Waals surface area (Å²) >= 11 is 0. The Morgan fingerprint density at radius 2 is 2.13 bits per heavy atom. The number of hydrogen-bond acceptors (Lipinski definition) is 6. The molecule has 1 unspecified atom stereocenters. The smallest absolute Gasteiger partial charge is 0.290 e. The third-order valence-electron chi connectivity index (χ3n) is 4.80. The molecule has 1 amide bonds. The molecule has 0 fully saturated rings. The van der Waals surface area contributed by atoms with Crippen LogP contribution in [0.1, 0.15) is 34.3 Å². The molecule has 0 aliphatic carbocycles. The van der Waals surface area contributed by atoms with Gasteiger partial charge in [0.05, 0.1) is 11.6 Å². The van der Waals surface area contributed by atoms with Gasteiger partial charge in [-0.1, -0.05) is 24.8 Å². The molecule has 3 rings (SSSR count). The van der Waals surface area contributed by atoms with Crippen LogP contribution in [-0.2, 0) is 9.53 Å². The molecule has 7 nitrogen and oxygen atoms in total. The highest BCUT2D eigenvalue weighted by Crippen LogP contribution is 2.40. The van der Waals surface area contributed by atoms with Crippen molar-refractivity contribution >= 4 is 11.7 Å². The Kier molecular flexibility index (Phi) is 6.74. The third-order valence-corrected chi connectivity index (χ3v) is 4.80. The quantitative estimate of drug-likeness (QED) is 0.364. The summed E-state index contributed by atoms with van der Waals surface area (Å²) in [6.07, 6.45) is 2.18. The van der Waals surface area contributed by atoms with Gasteiger partial charge in [-0.15, -0.1) is 0 Å². The number of carbonyl (C=O) groups is 2. The van der Waals surface area contributed by atoms with Crippen LogP contribution in [0.2, 0.25) is 0 Å². The van der Waals surface area contributed by atoms with Crippen LogP contribution in [0.15, 0.2) is 64.8 Å². The van der Waals surface area contributed by atoms with Crippen molar-refractivity contribution < 1.29 is 28.6 Å². The number of rotatable bonds is 10. The summed E-state index contributed by atoms with van der Waals surface area (Å²) in [5, 5.41) is 10.6. The van der Waals surface area contributed by atoms with Gasteiger partial charge in [0.15, 0.2) is 11.5 Å². The van der Waals surface area contributed by atoms with Crippen LogP contribution in [0.3, 0.4) is 0 Å². The highest BCUT2D eigenvalue weighted by atomic mass is 16.5. The number of hydrogen-bond donors (Lipinski definition) is 1. The van der Waals surface area contributed by atoms with E-state index in [1.807, 2.05) is 0 Å². The molecule has 1 aromatic carbocycles. The minimum Gasteiger partial charge on any atom is -0.503 e. The van der Waals surface area contributed by atoms with E-state index in [0.717, 1.165) is 0 Å². The lowest BCUT2D eigenvalue weighted by molar-refractivity contribution is -0.129. The average Bonchev–Trinajstić information content (AvgIpc) is 3.29. The molecule has 1 aliphatic heterocycles. The predicted octanol–water partition coefficient (Wildman–Crippen LogP) is 3.77. The highest BCUT2D eigenvalue weighted by Gasteiger charge is 2.44. The van der Waals surface area contributed by atoms with Crippen LogP contribution >= 0.6 is 0 Å². The average molecular weight is 411 g/mol. The van der Waals surface area contributed by atoms with Crippen molar-refractivity contribution in [3.8, 4) is 5.75 Å². The third kappa shape index (κ3) is 4.31. The van der Waals surface area contributed by atoms with Crippen molar-refractivity contribution in [1.82, 2.24) is 4.90 Å². The molecule has 7 heteroatoms. The Hall–Kier alpha value is -3.32. The number of aryl methyl sites for hydroxylation is 1. The zero-order valence-corrected chi connectivity index (χ0v) is 17.1. The van der Waals surface area contributed by atoms with E-state index in [1.165, 1.54) is 11.0 Å². The predicted molar refractivity (Wildman–Crippen MR) is 111 cm³/mol. The van der Waals surface area contributed by atoms with E-state index >= 15 is 0 Å². The first kappa shape index (κ1) is 21.4. The molecule has 0 radical (unpaired) electrons. The summed E-state index contributed by atoms with van der Waals surface area (Å²) in [7, 11) is 1.58. The zero-order valence-electron chi connectivity index (χ0n) is 17.1. The first-order valence-electron chi connectivity index (χ1n) is 9.65. The second-order valence-corrected chi connectivity index (χ2v) is 6.92. The van der Waals surface area contributed by atoms with Gasteiger partial charge >= 0.3 is 0 Å². The molecule has 158 valence electrons. The van der Waals surface area contributed by atoms with Crippen LogP contribution in [0.25, 0.3) is 0 Å². The van der Waals surface area contributed by atoms with Crippen LogP contribution in [0, 0.1) is 6.92 Å². The number of nitrogens with zero attached hydrogens (tertiary/aromatic N) is 1. The molecule has 1 aromatic heterocycles. The van der Waals surface area contributed by atoms with Crippen LogP contribution in [-0.4, -0.2) is 48.6 Å². The Morgan fingerprint density at radius 1 is 1.33 bits per heavy atom. The maximum Gasteiger partial charge on any atom is 0.290 e. The monoisotopic (exact) mass is 411 g/mol. The highest BCUT2D eigenvalue weighted by molar-refractivity contribution is 6.15. The fourth-order valence-corrected chi connectivity index (χ4v) is 3.46. The minimum absolute atomic E-state index is 0.00682. The lowest BCUT2D eigenvalue weighted by atomic mass is 9.95. The van der Waals surface area contributed by atoms with Crippen molar-refractivity contribution in [1.29, 1.82) is 0 Å². The van der Waals surface area contributed by atoms with E-state index in [1.54, 1.807) is 50.4 Å². The molecule has 2 heterocycles. The Bertz CT molecular complexity index is 974. The van der Waals surface area contributed by atoms with Crippen LogP contribution < -0.4 is 4.74 Å². The van der Waals surface area contributed by atoms with Crippen molar-refractivity contribution in [3.63, 3.8) is 0 Å². The van der Waals surface area contributed by atoms with Gasteiger partial charge in [0.2, 0.25) is 5.78 Å². The molecule has 1 N–H and O–H groups in total. The molecule has 0 saturated heterocycles. The summed E-state index contributed by atoms with van der Waals surface area (Å²) in [5.41, 5.74) is 0.644. The molecule has 0 spiro atoms. The van der Waals surface area contributed by atoms with E-state index in [4.69, 9.17) is 13.9 Å². The fourth-order valence-electron chi connectivity index (χ4n) is 3.46. The number of ether oxygens (including phenoxy) is 2. The number of carbonyl (C=O) groups excluding carboxylic acids is 2. The van der Waals surface area contributed by atoms with Gasteiger partial charge in [-0.3, -0.25) is 9.59 Å². The molecule has 0 bridgehead atoms. The summed E-state index contributed by atoms with van der Waals surface area (Å²) < 4.78 is 16.1. The summed E-state index contributed by atoms with van der Waals surface area (Å²) in [5.74, 6) is -0.468.